The Morgan fingerprint density at radius 3 is 2.44 bits per heavy atom. The number of carbonyl (C=O) groups excluding carboxylic acids is 1. The Kier molecular flexibility index (Phi) is 7.99. The van der Waals surface area contributed by atoms with E-state index in [1.165, 1.54) is 47.8 Å². The van der Waals surface area contributed by atoms with Gasteiger partial charge in [0, 0.05) is 25.2 Å². The predicted octanol–water partition coefficient (Wildman–Crippen LogP) is 2.29. The van der Waals surface area contributed by atoms with Crippen LogP contribution in [0.15, 0.2) is 47.4 Å². The fraction of sp³-hybridized carbons (Fsp3) is 0.381. The molecule has 1 saturated heterocycles. The van der Waals surface area contributed by atoms with Crippen molar-refractivity contribution in [2.45, 2.75) is 17.9 Å². The summed E-state index contributed by atoms with van der Waals surface area (Å²) in [5, 5.41) is 2.72. The van der Waals surface area contributed by atoms with E-state index in [0.717, 1.165) is 0 Å². The third kappa shape index (κ3) is 5.93. The van der Waals surface area contributed by atoms with Crippen LogP contribution in [-0.2, 0) is 21.2 Å². The zero-order chi connectivity index (χ0) is 23.1. The molecule has 0 aliphatic carbocycles. The van der Waals surface area contributed by atoms with Crippen molar-refractivity contribution >= 4 is 15.9 Å². The lowest BCUT2D eigenvalue weighted by Crippen LogP contribution is -2.40. The lowest BCUT2D eigenvalue weighted by molar-refractivity contribution is -0.0512. The quantitative estimate of drug-likeness (QED) is 0.605. The Labute approximate surface area is 185 Å². The lowest BCUT2D eigenvalue weighted by Gasteiger charge is -2.26. The first-order valence-electron chi connectivity index (χ1n) is 9.89. The topological polar surface area (TPSA) is 94.2 Å². The number of nitrogens with zero attached hydrogens (tertiary/aromatic N) is 1. The third-order valence-electron chi connectivity index (χ3n) is 4.87. The van der Waals surface area contributed by atoms with Gasteiger partial charge in [0.2, 0.25) is 10.0 Å². The molecular formula is C21H24F2N2O6S. The Morgan fingerprint density at radius 2 is 1.81 bits per heavy atom. The summed E-state index contributed by atoms with van der Waals surface area (Å²) >= 11 is 0. The van der Waals surface area contributed by atoms with E-state index < -0.39 is 16.6 Å². The van der Waals surface area contributed by atoms with E-state index in [4.69, 9.17) is 9.47 Å². The van der Waals surface area contributed by atoms with Crippen LogP contribution >= 0.6 is 0 Å². The lowest BCUT2D eigenvalue weighted by atomic mass is 10.1. The van der Waals surface area contributed by atoms with Crippen LogP contribution in [0.2, 0.25) is 0 Å². The average molecular weight is 470 g/mol. The van der Waals surface area contributed by atoms with Crippen molar-refractivity contribution < 1.29 is 36.2 Å². The van der Waals surface area contributed by atoms with Gasteiger partial charge in [-0.3, -0.25) is 4.79 Å². The zero-order valence-electron chi connectivity index (χ0n) is 17.4. The summed E-state index contributed by atoms with van der Waals surface area (Å²) in [6.07, 6.45) is 0.374. The molecule has 0 unspecified atom stereocenters. The van der Waals surface area contributed by atoms with Gasteiger partial charge in [-0.15, -0.1) is 0 Å². The molecule has 0 radical (unpaired) electrons. The van der Waals surface area contributed by atoms with Crippen molar-refractivity contribution in [1.82, 2.24) is 9.62 Å². The van der Waals surface area contributed by atoms with E-state index in [2.05, 4.69) is 10.1 Å². The number of methoxy groups -OCH3 is 1. The molecule has 1 fully saturated rings. The highest BCUT2D eigenvalue weighted by Gasteiger charge is 2.26. The minimum Gasteiger partial charge on any atom is -0.493 e. The molecule has 11 heteroatoms. The molecule has 0 saturated carbocycles. The first-order valence-corrected chi connectivity index (χ1v) is 11.3. The summed E-state index contributed by atoms with van der Waals surface area (Å²) in [7, 11) is -2.28. The van der Waals surface area contributed by atoms with Crippen molar-refractivity contribution in [3.8, 4) is 11.5 Å². The molecule has 3 rings (SSSR count). The smallest absolute Gasteiger partial charge is 0.387 e. The molecule has 1 aliphatic heterocycles. The van der Waals surface area contributed by atoms with Gasteiger partial charge in [0.1, 0.15) is 0 Å². The van der Waals surface area contributed by atoms with Gasteiger partial charge in [0.25, 0.3) is 5.91 Å². The van der Waals surface area contributed by atoms with Crippen molar-refractivity contribution in [3.63, 3.8) is 0 Å². The fourth-order valence-corrected chi connectivity index (χ4v) is 4.61. The number of hydrogen-bond donors (Lipinski definition) is 1. The van der Waals surface area contributed by atoms with Gasteiger partial charge in [-0.2, -0.15) is 13.1 Å². The van der Waals surface area contributed by atoms with Crippen LogP contribution in [0.3, 0.4) is 0 Å². The molecule has 174 valence electrons. The monoisotopic (exact) mass is 470 g/mol. The van der Waals surface area contributed by atoms with E-state index in [-0.39, 0.29) is 28.8 Å². The van der Waals surface area contributed by atoms with Gasteiger partial charge < -0.3 is 19.5 Å². The van der Waals surface area contributed by atoms with Gasteiger partial charge in [-0.25, -0.2) is 8.42 Å². The molecule has 8 nitrogen and oxygen atoms in total. The van der Waals surface area contributed by atoms with Crippen LogP contribution in [0, 0.1) is 0 Å². The summed E-state index contributed by atoms with van der Waals surface area (Å²) in [5.41, 5.74) is 0.982. The van der Waals surface area contributed by atoms with Crippen LogP contribution in [0.1, 0.15) is 15.9 Å². The molecule has 0 aromatic heterocycles. The van der Waals surface area contributed by atoms with Crippen molar-refractivity contribution in [2.75, 3.05) is 40.0 Å². The minimum atomic E-state index is -3.63. The minimum absolute atomic E-state index is 0.0802. The number of morpholine rings is 1. The normalized spacial score (nSPS) is 14.9. The molecule has 32 heavy (non-hydrogen) atoms. The van der Waals surface area contributed by atoms with Crippen molar-refractivity contribution in [1.29, 1.82) is 0 Å². The Hall–Kier alpha value is -2.76. The molecule has 2 aromatic carbocycles. The van der Waals surface area contributed by atoms with Crippen LogP contribution in [0.4, 0.5) is 8.78 Å². The van der Waals surface area contributed by atoms with Gasteiger partial charge >= 0.3 is 6.61 Å². The number of halogens is 2. The molecule has 0 atom stereocenters. The Bertz CT molecular complexity index is 1030. The van der Waals surface area contributed by atoms with E-state index in [0.29, 0.717) is 43.9 Å². The van der Waals surface area contributed by atoms with E-state index in [9.17, 15) is 22.0 Å². The van der Waals surface area contributed by atoms with E-state index in [1.54, 1.807) is 6.07 Å². The van der Waals surface area contributed by atoms with Crippen LogP contribution in [0.5, 0.6) is 11.5 Å². The third-order valence-corrected chi connectivity index (χ3v) is 6.78. The fourth-order valence-electron chi connectivity index (χ4n) is 3.20. The maximum Gasteiger partial charge on any atom is 0.387 e. The standard InChI is InChI=1S/C21H24F2N2O6S/c1-29-18-7-2-15(14-19(18)31-21(22)23)8-9-24-20(26)16-3-5-17(6-4-16)32(27,28)25-10-12-30-13-11-25/h2-7,14,21H,8-13H2,1H3,(H,24,26). The second kappa shape index (κ2) is 10.7. The molecule has 0 bridgehead atoms. The Balaban J connectivity index is 1.57. The van der Waals surface area contributed by atoms with Gasteiger partial charge in [0.05, 0.1) is 25.2 Å². The van der Waals surface area contributed by atoms with E-state index >= 15 is 0 Å². The maximum absolute atomic E-state index is 12.6. The second-order valence-electron chi connectivity index (χ2n) is 6.91. The molecule has 2 aromatic rings. The first-order chi connectivity index (χ1) is 15.3. The predicted molar refractivity (Wildman–Crippen MR) is 112 cm³/mol. The molecule has 0 spiro atoms. The molecule has 1 amide bonds. The number of amides is 1. The van der Waals surface area contributed by atoms with Gasteiger partial charge in [-0.1, -0.05) is 6.07 Å². The van der Waals surface area contributed by atoms with Crippen LogP contribution < -0.4 is 14.8 Å². The summed E-state index contributed by atoms with van der Waals surface area (Å²) in [6, 6.07) is 10.3. The van der Waals surface area contributed by atoms with Crippen molar-refractivity contribution in [2.24, 2.45) is 0 Å². The number of ether oxygens (including phenoxy) is 3. The highest BCUT2D eigenvalue weighted by molar-refractivity contribution is 7.89. The molecule has 1 N–H and O–H groups in total. The largest absolute Gasteiger partial charge is 0.493 e. The molecule has 1 heterocycles. The number of carbonyl (C=O) groups is 1. The zero-order valence-corrected chi connectivity index (χ0v) is 18.2. The first kappa shape index (κ1) is 23.9. The summed E-state index contributed by atoms with van der Waals surface area (Å²) in [5.74, 6) is -0.272. The number of nitrogens with one attached hydrogen (secondary N) is 1. The van der Waals surface area contributed by atoms with E-state index in [1.807, 2.05) is 0 Å². The molecular weight excluding hydrogens is 446 g/mol. The van der Waals surface area contributed by atoms with Crippen LogP contribution in [-0.4, -0.2) is 65.2 Å². The average Bonchev–Trinajstić information content (AvgIpc) is 2.79. The number of hydrogen-bond acceptors (Lipinski definition) is 6. The van der Waals surface area contributed by atoms with Gasteiger partial charge in [-0.05, 0) is 48.4 Å². The molecule has 1 aliphatic rings. The number of alkyl halides is 2. The summed E-state index contributed by atoms with van der Waals surface area (Å²) in [6.45, 7) is -1.45. The number of rotatable bonds is 9. The number of benzene rings is 2. The van der Waals surface area contributed by atoms with Gasteiger partial charge in [0.15, 0.2) is 11.5 Å². The summed E-state index contributed by atoms with van der Waals surface area (Å²) in [4.78, 5) is 12.5. The highest BCUT2D eigenvalue weighted by Crippen LogP contribution is 2.29. The summed E-state index contributed by atoms with van der Waals surface area (Å²) < 4.78 is 66.3. The Morgan fingerprint density at radius 1 is 1.12 bits per heavy atom. The number of sulfonamides is 1. The van der Waals surface area contributed by atoms with Crippen molar-refractivity contribution in [3.05, 3.63) is 53.6 Å². The second-order valence-corrected chi connectivity index (χ2v) is 8.85. The maximum atomic E-state index is 12.6. The SMILES string of the molecule is COc1ccc(CCNC(=O)c2ccc(S(=O)(=O)N3CCOCC3)cc2)cc1OC(F)F. The van der Waals surface area contributed by atoms with Crippen LogP contribution in [0.25, 0.3) is 0 Å². The highest BCUT2D eigenvalue weighted by atomic mass is 32.2.